The second kappa shape index (κ2) is 5.37. The summed E-state index contributed by atoms with van der Waals surface area (Å²) in [5, 5.41) is 9.94. The van der Waals surface area contributed by atoms with Gasteiger partial charge in [0.2, 0.25) is 0 Å². The molecule has 1 atom stereocenters. The Morgan fingerprint density at radius 2 is 1.88 bits per heavy atom. The number of aliphatic hydroxyl groups is 1. The van der Waals surface area contributed by atoms with Gasteiger partial charge in [-0.2, -0.15) is 0 Å². The van der Waals surface area contributed by atoms with Gasteiger partial charge in [0, 0.05) is 16.5 Å². The van der Waals surface area contributed by atoms with Crippen molar-refractivity contribution < 1.29 is 5.11 Å². The van der Waals surface area contributed by atoms with Crippen molar-refractivity contribution in [2.24, 2.45) is 5.73 Å². The van der Waals surface area contributed by atoms with Crippen LogP contribution in [-0.2, 0) is 5.41 Å². The molecule has 0 aliphatic heterocycles. The van der Waals surface area contributed by atoms with Crippen LogP contribution in [0.2, 0.25) is 5.02 Å². The molecule has 0 saturated heterocycles. The number of aliphatic hydroxyl groups excluding tert-OH is 1. The molecular formula is C12H17Cl2NO. The van der Waals surface area contributed by atoms with Gasteiger partial charge in [-0.3, -0.25) is 0 Å². The van der Waals surface area contributed by atoms with Crippen LogP contribution in [0.4, 0.5) is 0 Å². The molecule has 1 aliphatic carbocycles. The van der Waals surface area contributed by atoms with Gasteiger partial charge in [-0.1, -0.05) is 30.2 Å². The predicted molar refractivity (Wildman–Crippen MR) is 69.3 cm³/mol. The van der Waals surface area contributed by atoms with Gasteiger partial charge in [-0.15, -0.1) is 12.4 Å². The fourth-order valence-electron chi connectivity index (χ4n) is 2.39. The lowest BCUT2D eigenvalue weighted by Crippen LogP contribution is -2.52. The van der Waals surface area contributed by atoms with Crippen molar-refractivity contribution in [3.63, 3.8) is 0 Å². The van der Waals surface area contributed by atoms with Crippen molar-refractivity contribution in [2.75, 3.05) is 6.61 Å². The molecule has 16 heavy (non-hydrogen) atoms. The Morgan fingerprint density at radius 1 is 1.31 bits per heavy atom. The molecule has 2 rings (SSSR count). The first kappa shape index (κ1) is 13.8. The zero-order valence-electron chi connectivity index (χ0n) is 9.03. The largest absolute Gasteiger partial charge is 0.395 e. The molecule has 0 unspecified atom stereocenters. The second-order valence-corrected chi connectivity index (χ2v) is 4.74. The SMILES string of the molecule is Cl.N[C@@H](CO)C1(c2ccc(Cl)cc2)CCC1. The monoisotopic (exact) mass is 261 g/mol. The van der Waals surface area contributed by atoms with Crippen LogP contribution in [0, 0.1) is 0 Å². The second-order valence-electron chi connectivity index (χ2n) is 4.31. The molecule has 1 aromatic carbocycles. The van der Waals surface area contributed by atoms with E-state index in [0.717, 1.165) is 17.9 Å². The highest BCUT2D eigenvalue weighted by molar-refractivity contribution is 6.30. The molecule has 1 saturated carbocycles. The number of hydrogen-bond acceptors (Lipinski definition) is 2. The zero-order chi connectivity index (χ0) is 10.9. The van der Waals surface area contributed by atoms with E-state index in [1.165, 1.54) is 12.0 Å². The Bertz CT molecular complexity index is 335. The van der Waals surface area contributed by atoms with E-state index in [9.17, 15) is 5.11 Å². The molecule has 1 aliphatic rings. The minimum atomic E-state index is -0.160. The van der Waals surface area contributed by atoms with Crippen LogP contribution >= 0.6 is 24.0 Å². The average Bonchev–Trinajstić information content (AvgIpc) is 2.19. The maximum Gasteiger partial charge on any atom is 0.0591 e. The summed E-state index contributed by atoms with van der Waals surface area (Å²) >= 11 is 5.86. The molecule has 0 spiro atoms. The lowest BCUT2D eigenvalue weighted by molar-refractivity contribution is 0.136. The molecule has 0 bridgehead atoms. The minimum absolute atomic E-state index is 0. The first-order valence-corrected chi connectivity index (χ1v) is 5.69. The van der Waals surface area contributed by atoms with E-state index in [4.69, 9.17) is 17.3 Å². The summed E-state index contributed by atoms with van der Waals surface area (Å²) in [4.78, 5) is 0. The van der Waals surface area contributed by atoms with Gasteiger partial charge in [0.15, 0.2) is 0 Å². The fraction of sp³-hybridized carbons (Fsp3) is 0.500. The van der Waals surface area contributed by atoms with Gasteiger partial charge < -0.3 is 10.8 Å². The van der Waals surface area contributed by atoms with E-state index in [0.29, 0.717) is 0 Å². The van der Waals surface area contributed by atoms with Crippen molar-refractivity contribution in [3.8, 4) is 0 Å². The zero-order valence-corrected chi connectivity index (χ0v) is 10.6. The molecule has 0 aromatic heterocycles. The van der Waals surface area contributed by atoms with E-state index in [-0.39, 0.29) is 30.5 Å². The summed E-state index contributed by atoms with van der Waals surface area (Å²) in [5.74, 6) is 0. The predicted octanol–water partition coefficient (Wildman–Crippen LogP) is 2.50. The van der Waals surface area contributed by atoms with E-state index in [1.807, 2.05) is 24.3 Å². The van der Waals surface area contributed by atoms with Crippen LogP contribution in [0.1, 0.15) is 24.8 Å². The fourth-order valence-corrected chi connectivity index (χ4v) is 2.51. The number of hydrogen-bond donors (Lipinski definition) is 2. The molecule has 0 amide bonds. The lowest BCUT2D eigenvalue weighted by atomic mass is 9.60. The number of halogens is 2. The molecule has 0 radical (unpaired) electrons. The minimum Gasteiger partial charge on any atom is -0.395 e. The first-order chi connectivity index (χ1) is 7.19. The quantitative estimate of drug-likeness (QED) is 0.879. The van der Waals surface area contributed by atoms with Crippen LogP contribution in [-0.4, -0.2) is 17.8 Å². The highest BCUT2D eigenvalue weighted by Crippen LogP contribution is 2.45. The number of nitrogens with two attached hydrogens (primary N) is 1. The van der Waals surface area contributed by atoms with Crippen LogP contribution in [0.25, 0.3) is 0 Å². The third-order valence-electron chi connectivity index (χ3n) is 3.57. The van der Waals surface area contributed by atoms with Gasteiger partial charge in [0.25, 0.3) is 0 Å². The van der Waals surface area contributed by atoms with E-state index in [2.05, 4.69) is 0 Å². The summed E-state index contributed by atoms with van der Waals surface area (Å²) in [5.41, 5.74) is 7.19. The maximum atomic E-state index is 9.20. The molecule has 4 heteroatoms. The summed E-state index contributed by atoms with van der Waals surface area (Å²) in [6.45, 7) is 0.0443. The van der Waals surface area contributed by atoms with Gasteiger partial charge in [-0.25, -0.2) is 0 Å². The van der Waals surface area contributed by atoms with Crippen LogP contribution < -0.4 is 5.73 Å². The van der Waals surface area contributed by atoms with Gasteiger partial charge in [-0.05, 0) is 30.5 Å². The van der Waals surface area contributed by atoms with E-state index < -0.39 is 0 Å². The van der Waals surface area contributed by atoms with Crippen LogP contribution in [0.3, 0.4) is 0 Å². The summed E-state index contributed by atoms with van der Waals surface area (Å²) in [7, 11) is 0. The average molecular weight is 262 g/mol. The third-order valence-corrected chi connectivity index (χ3v) is 3.82. The third kappa shape index (κ3) is 2.21. The summed E-state index contributed by atoms with van der Waals surface area (Å²) < 4.78 is 0. The highest BCUT2D eigenvalue weighted by atomic mass is 35.5. The molecule has 3 N–H and O–H groups in total. The van der Waals surface area contributed by atoms with Gasteiger partial charge in [0.05, 0.1) is 6.61 Å². The van der Waals surface area contributed by atoms with Crippen molar-refractivity contribution in [1.29, 1.82) is 0 Å². The Hall–Kier alpha value is -0.280. The first-order valence-electron chi connectivity index (χ1n) is 5.31. The smallest absolute Gasteiger partial charge is 0.0591 e. The molecule has 90 valence electrons. The van der Waals surface area contributed by atoms with Crippen molar-refractivity contribution in [3.05, 3.63) is 34.9 Å². The van der Waals surface area contributed by atoms with Crippen molar-refractivity contribution >= 4 is 24.0 Å². The Labute approximate surface area is 107 Å². The topological polar surface area (TPSA) is 46.2 Å². The summed E-state index contributed by atoms with van der Waals surface area (Å²) in [6, 6.07) is 7.67. The molecule has 2 nitrogen and oxygen atoms in total. The Morgan fingerprint density at radius 3 is 2.25 bits per heavy atom. The number of rotatable bonds is 3. The maximum absolute atomic E-state index is 9.20. The number of benzene rings is 1. The van der Waals surface area contributed by atoms with E-state index in [1.54, 1.807) is 0 Å². The Balaban J connectivity index is 0.00000128. The summed E-state index contributed by atoms with van der Waals surface area (Å²) in [6.07, 6.45) is 3.32. The molecule has 1 aromatic rings. The molecule has 0 heterocycles. The highest BCUT2D eigenvalue weighted by Gasteiger charge is 2.43. The van der Waals surface area contributed by atoms with Gasteiger partial charge in [0.1, 0.15) is 0 Å². The standard InChI is InChI=1S/C12H16ClNO.ClH/c13-10-4-2-9(3-5-10)12(6-1-7-12)11(14)8-15;/h2-5,11,15H,1,6-8,14H2;1H/t11-;/m0./s1. The van der Waals surface area contributed by atoms with Crippen molar-refractivity contribution in [2.45, 2.75) is 30.7 Å². The van der Waals surface area contributed by atoms with E-state index >= 15 is 0 Å². The lowest BCUT2D eigenvalue weighted by Gasteiger charge is -2.46. The van der Waals surface area contributed by atoms with Crippen LogP contribution in [0.5, 0.6) is 0 Å². The normalized spacial score (nSPS) is 19.4. The van der Waals surface area contributed by atoms with Gasteiger partial charge >= 0.3 is 0 Å². The molecule has 1 fully saturated rings. The van der Waals surface area contributed by atoms with Crippen LogP contribution in [0.15, 0.2) is 24.3 Å². The molecular weight excluding hydrogens is 245 g/mol. The van der Waals surface area contributed by atoms with Crippen molar-refractivity contribution in [1.82, 2.24) is 0 Å². The Kier molecular flexibility index (Phi) is 4.62.